The summed E-state index contributed by atoms with van der Waals surface area (Å²) in [5.41, 5.74) is 3.67. The molecule has 0 unspecified atom stereocenters. The van der Waals surface area contributed by atoms with E-state index in [2.05, 4.69) is 41.3 Å². The van der Waals surface area contributed by atoms with Crippen LogP contribution in [0.25, 0.3) is 0 Å². The van der Waals surface area contributed by atoms with Crippen molar-refractivity contribution in [1.82, 2.24) is 19.6 Å². The number of hydrogen-bond acceptors (Lipinski definition) is 8. The second-order valence-electron chi connectivity index (χ2n) is 8.03. The van der Waals surface area contributed by atoms with E-state index < -0.39 is 0 Å². The van der Waals surface area contributed by atoms with Crippen molar-refractivity contribution >= 4 is 34.6 Å². The molecule has 0 atom stereocenters. The minimum atomic E-state index is 0. The number of nitrogens with zero attached hydrogens (tertiary/aromatic N) is 10. The number of rotatable bonds is 10. The van der Waals surface area contributed by atoms with Gasteiger partial charge in [0.05, 0.1) is 39.6 Å². The first-order valence-corrected chi connectivity index (χ1v) is 11.3. The van der Waals surface area contributed by atoms with Crippen LogP contribution in [0.5, 0.6) is 0 Å². The van der Waals surface area contributed by atoms with E-state index in [1.165, 1.54) is 0 Å². The first kappa shape index (κ1) is 29.7. The molecule has 0 saturated carbocycles. The lowest BCUT2D eigenvalue weighted by Gasteiger charge is -2.08. The van der Waals surface area contributed by atoms with Crippen LogP contribution in [0, 0.1) is 0 Å². The zero-order chi connectivity index (χ0) is 24.6. The Morgan fingerprint density at radius 2 is 1.03 bits per heavy atom. The summed E-state index contributed by atoms with van der Waals surface area (Å²) in [7, 11) is 7.44. The van der Waals surface area contributed by atoms with Gasteiger partial charge in [-0.3, -0.25) is 0 Å². The zero-order valence-electron chi connectivity index (χ0n) is 21.1. The molecule has 2 N–H and O–H groups in total. The van der Waals surface area contributed by atoms with Crippen LogP contribution < -0.4 is 53.7 Å². The average molecular weight is 634 g/mol. The molecule has 14 heteroatoms. The fourth-order valence-electron chi connectivity index (χ4n) is 3.29. The fraction of sp³-hybridized carbons (Fsp3) is 0.304. The molecule has 0 spiro atoms. The third-order valence-electron chi connectivity index (χ3n) is 5.26. The van der Waals surface area contributed by atoms with Crippen molar-refractivity contribution in [1.29, 1.82) is 0 Å². The van der Waals surface area contributed by atoms with E-state index in [-0.39, 0.29) is 34.0 Å². The Balaban J connectivity index is 0.00000241. The third-order valence-corrected chi connectivity index (χ3v) is 5.26. The Bertz CT molecular complexity index is 1170. The number of benzene rings is 2. The number of aromatic nitrogens is 6. The van der Waals surface area contributed by atoms with Crippen LogP contribution in [0.2, 0.25) is 0 Å². The van der Waals surface area contributed by atoms with Crippen LogP contribution in [0.4, 0.5) is 34.6 Å². The quantitative estimate of drug-likeness (QED) is 0.115. The monoisotopic (exact) mass is 632 g/mol. The molecule has 0 radical (unpaired) electrons. The highest BCUT2D eigenvalue weighted by atomic mass is 79.9. The molecular weight excluding hydrogens is 604 g/mol. The van der Waals surface area contributed by atoms with Crippen LogP contribution in [0.15, 0.2) is 81.6 Å². The van der Waals surface area contributed by atoms with E-state index in [0.29, 0.717) is 11.9 Å². The van der Waals surface area contributed by atoms with Crippen LogP contribution >= 0.6 is 0 Å². The predicted octanol–water partition coefficient (Wildman–Crippen LogP) is -2.44. The lowest BCUT2D eigenvalue weighted by molar-refractivity contribution is -0.659. The standard InChI is InChI=1S/C23H28N12.2BrH/c1-32-16-26-34(3)22(32)30-28-20-10-6-18(7-11-20)24-14-5-15-25-19-8-12-21(13-9-19)29-31-23-33(2)17-27-35(23)4;;/h6-13,16-17H,5,14-15H2,1-4H3;2*1H. The van der Waals surface area contributed by atoms with Gasteiger partial charge in [-0.1, -0.05) is 10.2 Å². The molecule has 0 aliphatic rings. The van der Waals surface area contributed by atoms with Crippen molar-refractivity contribution in [3.63, 3.8) is 0 Å². The molecule has 0 aliphatic carbocycles. The molecule has 0 amide bonds. The van der Waals surface area contributed by atoms with E-state index in [0.717, 1.165) is 42.3 Å². The minimum Gasteiger partial charge on any atom is -1.00 e. The molecular formula is C23H30Br2N12. The summed E-state index contributed by atoms with van der Waals surface area (Å²) in [6.45, 7) is 1.71. The number of anilines is 2. The maximum absolute atomic E-state index is 4.28. The van der Waals surface area contributed by atoms with Gasteiger partial charge in [-0.15, -0.1) is 9.36 Å². The first-order chi connectivity index (χ1) is 17.0. The predicted molar refractivity (Wildman–Crippen MR) is 132 cm³/mol. The van der Waals surface area contributed by atoms with Crippen molar-refractivity contribution < 1.29 is 43.1 Å². The van der Waals surface area contributed by atoms with Crippen molar-refractivity contribution in [3.8, 4) is 0 Å². The summed E-state index contributed by atoms with van der Waals surface area (Å²) in [6.07, 6.45) is 4.36. The molecule has 196 valence electrons. The van der Waals surface area contributed by atoms with Gasteiger partial charge >= 0.3 is 11.9 Å². The van der Waals surface area contributed by atoms with Gasteiger partial charge in [-0.05, 0) is 65.1 Å². The Hall–Kier alpha value is -3.52. The smallest absolute Gasteiger partial charge is 0.403 e. The molecule has 4 aromatic rings. The van der Waals surface area contributed by atoms with Crippen molar-refractivity contribution in [3.05, 3.63) is 61.2 Å². The molecule has 0 saturated heterocycles. The van der Waals surface area contributed by atoms with Crippen LogP contribution in [0.3, 0.4) is 0 Å². The molecule has 2 aromatic heterocycles. The minimum absolute atomic E-state index is 0. The summed E-state index contributed by atoms with van der Waals surface area (Å²) in [5.74, 6) is 1.36. The lowest BCUT2D eigenvalue weighted by atomic mass is 10.2. The molecule has 0 fully saturated rings. The average Bonchev–Trinajstić information content (AvgIpc) is 3.37. The number of halogens is 2. The first-order valence-electron chi connectivity index (χ1n) is 11.3. The highest BCUT2D eigenvalue weighted by molar-refractivity contribution is 5.51. The maximum atomic E-state index is 4.28. The number of aryl methyl sites for hydroxylation is 4. The second-order valence-corrected chi connectivity index (χ2v) is 8.03. The summed E-state index contributed by atoms with van der Waals surface area (Å²) in [5, 5.41) is 32.2. The Morgan fingerprint density at radius 3 is 1.35 bits per heavy atom. The van der Waals surface area contributed by atoms with E-state index in [4.69, 9.17) is 0 Å². The molecule has 12 nitrogen and oxygen atoms in total. The zero-order valence-corrected chi connectivity index (χ0v) is 24.3. The van der Waals surface area contributed by atoms with Crippen molar-refractivity contribution in [2.24, 2.45) is 48.6 Å². The molecule has 0 bridgehead atoms. The number of azo groups is 2. The Kier molecular flexibility index (Phi) is 11.5. The van der Waals surface area contributed by atoms with Gasteiger partial charge in [0.1, 0.15) is 0 Å². The van der Waals surface area contributed by atoms with E-state index in [9.17, 15) is 0 Å². The summed E-state index contributed by atoms with van der Waals surface area (Å²) < 4.78 is 6.99. The van der Waals surface area contributed by atoms with E-state index in [1.54, 1.807) is 22.0 Å². The third kappa shape index (κ3) is 8.25. The van der Waals surface area contributed by atoms with Gasteiger partial charge in [0.15, 0.2) is 0 Å². The summed E-state index contributed by atoms with van der Waals surface area (Å²) in [4.78, 5) is 0. The fourth-order valence-corrected chi connectivity index (χ4v) is 3.29. The molecule has 0 aliphatic heterocycles. The van der Waals surface area contributed by atoms with E-state index in [1.807, 2.05) is 85.9 Å². The number of hydrogen-bond donors (Lipinski definition) is 2. The summed E-state index contributed by atoms with van der Waals surface area (Å²) >= 11 is 0. The molecule has 2 heterocycles. The van der Waals surface area contributed by atoms with Gasteiger partial charge in [-0.2, -0.15) is 0 Å². The van der Waals surface area contributed by atoms with Gasteiger partial charge in [0.25, 0.3) is 0 Å². The normalized spacial score (nSPS) is 10.9. The second kappa shape index (κ2) is 14.3. The Labute approximate surface area is 236 Å². The van der Waals surface area contributed by atoms with Gasteiger partial charge in [-0.25, -0.2) is 9.13 Å². The largest absolute Gasteiger partial charge is 1.00 e. The van der Waals surface area contributed by atoms with Gasteiger partial charge in [0, 0.05) is 34.7 Å². The molecule has 2 aromatic carbocycles. The lowest BCUT2D eigenvalue weighted by Crippen LogP contribution is -3.00. The van der Waals surface area contributed by atoms with Gasteiger partial charge < -0.3 is 44.6 Å². The van der Waals surface area contributed by atoms with Crippen LogP contribution in [-0.2, 0) is 28.2 Å². The van der Waals surface area contributed by atoms with Crippen molar-refractivity contribution in [2.45, 2.75) is 6.42 Å². The highest BCUT2D eigenvalue weighted by Gasteiger charge is 2.12. The van der Waals surface area contributed by atoms with E-state index >= 15 is 0 Å². The SMILES string of the molecule is Cn1nc[n+](C)c1N=Nc1ccc(NCCCNc2ccc(N=Nc3n(C)nc[n+]3C)cc2)cc1.[Br-].[Br-]. The van der Waals surface area contributed by atoms with Crippen LogP contribution in [-0.4, -0.2) is 32.7 Å². The summed E-state index contributed by atoms with van der Waals surface area (Å²) in [6, 6.07) is 15.8. The highest BCUT2D eigenvalue weighted by Crippen LogP contribution is 2.20. The molecule has 4 rings (SSSR count). The topological polar surface area (TPSA) is 117 Å². The van der Waals surface area contributed by atoms with Crippen molar-refractivity contribution in [2.75, 3.05) is 23.7 Å². The number of nitrogens with one attached hydrogen (secondary N) is 2. The Morgan fingerprint density at radius 1 is 0.649 bits per heavy atom. The van der Waals surface area contributed by atoms with Gasteiger partial charge in [0.2, 0.25) is 12.7 Å². The molecule has 37 heavy (non-hydrogen) atoms. The van der Waals surface area contributed by atoms with Crippen LogP contribution in [0.1, 0.15) is 6.42 Å². The maximum Gasteiger partial charge on any atom is 0.403 e.